The number of rotatable bonds is 2. The third-order valence-corrected chi connectivity index (χ3v) is 3.46. The van der Waals surface area contributed by atoms with E-state index >= 15 is 0 Å². The van der Waals surface area contributed by atoms with Crippen molar-refractivity contribution in [2.75, 3.05) is 5.73 Å². The van der Waals surface area contributed by atoms with Gasteiger partial charge in [-0.25, -0.2) is 0 Å². The highest BCUT2D eigenvalue weighted by atomic mass is 16.5. The van der Waals surface area contributed by atoms with Crippen LogP contribution in [0.2, 0.25) is 0 Å². The van der Waals surface area contributed by atoms with Crippen LogP contribution >= 0.6 is 0 Å². The van der Waals surface area contributed by atoms with E-state index in [9.17, 15) is 0 Å². The first-order valence-corrected chi connectivity index (χ1v) is 6.17. The minimum Gasteiger partial charge on any atom is -0.490 e. The van der Waals surface area contributed by atoms with Gasteiger partial charge in [0.25, 0.3) is 0 Å². The smallest absolute Gasteiger partial charge is 0.121 e. The summed E-state index contributed by atoms with van der Waals surface area (Å²) in [4.78, 5) is 0. The molecule has 1 saturated carbocycles. The predicted molar refractivity (Wildman–Crippen MR) is 67.6 cm³/mol. The van der Waals surface area contributed by atoms with Crippen LogP contribution in [0, 0.1) is 17.2 Å². The van der Waals surface area contributed by atoms with E-state index in [1.165, 1.54) is 19.3 Å². The fourth-order valence-corrected chi connectivity index (χ4v) is 2.35. The maximum Gasteiger partial charge on any atom is 0.121 e. The molecule has 3 nitrogen and oxygen atoms in total. The second-order valence-corrected chi connectivity index (χ2v) is 4.78. The van der Waals surface area contributed by atoms with Gasteiger partial charge in [0.05, 0.1) is 11.3 Å². The van der Waals surface area contributed by atoms with Crippen LogP contribution in [0.25, 0.3) is 0 Å². The molecule has 0 radical (unpaired) electrons. The van der Waals surface area contributed by atoms with E-state index in [1.54, 1.807) is 12.1 Å². The SMILES string of the molecule is CC1CCCCC1Oc1ccc(C#N)c(N)c1. The van der Waals surface area contributed by atoms with Crippen LogP contribution in [0.4, 0.5) is 5.69 Å². The van der Waals surface area contributed by atoms with E-state index in [-0.39, 0.29) is 6.10 Å². The molecule has 90 valence electrons. The molecule has 1 fully saturated rings. The van der Waals surface area contributed by atoms with Crippen LogP contribution in [-0.4, -0.2) is 6.10 Å². The molecule has 2 rings (SSSR count). The summed E-state index contributed by atoms with van der Waals surface area (Å²) in [5.41, 5.74) is 6.77. The highest BCUT2D eigenvalue weighted by Gasteiger charge is 2.22. The molecule has 3 heteroatoms. The van der Waals surface area contributed by atoms with Gasteiger partial charge in [-0.1, -0.05) is 13.3 Å². The molecule has 0 heterocycles. The Morgan fingerprint density at radius 2 is 2.12 bits per heavy atom. The zero-order valence-corrected chi connectivity index (χ0v) is 10.1. The number of nitrogen functional groups attached to an aromatic ring is 1. The molecule has 0 aliphatic heterocycles. The van der Waals surface area contributed by atoms with Gasteiger partial charge >= 0.3 is 0 Å². The molecule has 0 bridgehead atoms. The summed E-state index contributed by atoms with van der Waals surface area (Å²) in [6.45, 7) is 2.23. The molecule has 0 saturated heterocycles. The topological polar surface area (TPSA) is 59.0 Å². The highest BCUT2D eigenvalue weighted by Crippen LogP contribution is 2.29. The lowest BCUT2D eigenvalue weighted by Gasteiger charge is -2.29. The molecule has 17 heavy (non-hydrogen) atoms. The number of benzene rings is 1. The van der Waals surface area contributed by atoms with E-state index in [2.05, 4.69) is 13.0 Å². The van der Waals surface area contributed by atoms with Crippen molar-refractivity contribution in [2.45, 2.75) is 38.7 Å². The van der Waals surface area contributed by atoms with Gasteiger partial charge in [0.15, 0.2) is 0 Å². The lowest BCUT2D eigenvalue weighted by atomic mass is 9.88. The van der Waals surface area contributed by atoms with E-state index in [0.717, 1.165) is 12.2 Å². The Hall–Kier alpha value is -1.69. The third kappa shape index (κ3) is 2.71. The number of ether oxygens (including phenoxy) is 1. The normalized spacial score (nSPS) is 24.0. The van der Waals surface area contributed by atoms with Gasteiger partial charge in [-0.2, -0.15) is 5.26 Å². The summed E-state index contributed by atoms with van der Waals surface area (Å²) in [7, 11) is 0. The standard InChI is InChI=1S/C14H18N2O/c1-10-4-2-3-5-14(10)17-12-7-6-11(9-15)13(16)8-12/h6-8,10,14H,2-5,16H2,1H3. The molecule has 1 aromatic rings. The van der Waals surface area contributed by atoms with E-state index < -0.39 is 0 Å². The maximum atomic E-state index is 8.80. The quantitative estimate of drug-likeness (QED) is 0.794. The number of hydrogen-bond donors (Lipinski definition) is 1. The molecule has 1 aromatic carbocycles. The summed E-state index contributed by atoms with van der Waals surface area (Å²) in [6, 6.07) is 7.35. The van der Waals surface area contributed by atoms with Gasteiger partial charge in [-0.05, 0) is 37.3 Å². The Morgan fingerprint density at radius 1 is 1.35 bits per heavy atom. The van der Waals surface area contributed by atoms with Crippen molar-refractivity contribution in [3.63, 3.8) is 0 Å². The molecule has 0 aromatic heterocycles. The summed E-state index contributed by atoms with van der Waals surface area (Å²) < 4.78 is 5.96. The van der Waals surface area contributed by atoms with Gasteiger partial charge in [-0.15, -0.1) is 0 Å². The first-order chi connectivity index (χ1) is 8.20. The second-order valence-electron chi connectivity index (χ2n) is 4.78. The summed E-state index contributed by atoms with van der Waals surface area (Å²) in [5.74, 6) is 1.38. The predicted octanol–water partition coefficient (Wildman–Crippen LogP) is 3.10. The minimum atomic E-state index is 0.288. The molecule has 2 N–H and O–H groups in total. The first kappa shape index (κ1) is 11.8. The minimum absolute atomic E-state index is 0.288. The van der Waals surface area contributed by atoms with Gasteiger partial charge in [0, 0.05) is 6.07 Å². The number of nitriles is 1. The van der Waals surface area contributed by atoms with Crippen LogP contribution < -0.4 is 10.5 Å². The van der Waals surface area contributed by atoms with Crippen LogP contribution in [0.1, 0.15) is 38.2 Å². The molecule has 2 unspecified atom stereocenters. The zero-order chi connectivity index (χ0) is 12.3. The van der Waals surface area contributed by atoms with Crippen molar-refractivity contribution in [2.24, 2.45) is 5.92 Å². The Labute approximate surface area is 102 Å². The van der Waals surface area contributed by atoms with Crippen molar-refractivity contribution < 1.29 is 4.74 Å². The summed E-state index contributed by atoms with van der Waals surface area (Å²) in [6.07, 6.45) is 5.17. The fourth-order valence-electron chi connectivity index (χ4n) is 2.35. The van der Waals surface area contributed by atoms with Crippen LogP contribution in [0.5, 0.6) is 5.75 Å². The Morgan fingerprint density at radius 3 is 2.76 bits per heavy atom. The van der Waals surface area contributed by atoms with Crippen LogP contribution in [0.3, 0.4) is 0 Å². The van der Waals surface area contributed by atoms with Gasteiger partial charge in [0.1, 0.15) is 17.9 Å². The second kappa shape index (κ2) is 5.09. The monoisotopic (exact) mass is 230 g/mol. The molecule has 0 spiro atoms. The number of nitrogens with zero attached hydrogens (tertiary/aromatic N) is 1. The van der Waals surface area contributed by atoms with Crippen molar-refractivity contribution in [1.82, 2.24) is 0 Å². The zero-order valence-electron chi connectivity index (χ0n) is 10.1. The molecular formula is C14H18N2O. The van der Waals surface area contributed by atoms with Crippen molar-refractivity contribution in [3.05, 3.63) is 23.8 Å². The Bertz CT molecular complexity index is 436. The maximum absolute atomic E-state index is 8.80. The molecular weight excluding hydrogens is 212 g/mol. The van der Waals surface area contributed by atoms with E-state index in [0.29, 0.717) is 17.2 Å². The largest absolute Gasteiger partial charge is 0.490 e. The molecule has 2 atom stereocenters. The van der Waals surface area contributed by atoms with E-state index in [4.69, 9.17) is 15.7 Å². The number of hydrogen-bond acceptors (Lipinski definition) is 3. The molecule has 1 aliphatic carbocycles. The lowest BCUT2D eigenvalue weighted by Crippen LogP contribution is -2.28. The fraction of sp³-hybridized carbons (Fsp3) is 0.500. The lowest BCUT2D eigenvalue weighted by molar-refractivity contribution is 0.103. The van der Waals surface area contributed by atoms with E-state index in [1.807, 2.05) is 6.07 Å². The third-order valence-electron chi connectivity index (χ3n) is 3.46. The first-order valence-electron chi connectivity index (χ1n) is 6.17. The average Bonchev–Trinajstić information content (AvgIpc) is 2.32. The van der Waals surface area contributed by atoms with Crippen molar-refractivity contribution in [1.29, 1.82) is 5.26 Å². The Kier molecular flexibility index (Phi) is 3.53. The van der Waals surface area contributed by atoms with Crippen molar-refractivity contribution >= 4 is 5.69 Å². The highest BCUT2D eigenvalue weighted by molar-refractivity contribution is 5.57. The van der Waals surface area contributed by atoms with Crippen LogP contribution in [0.15, 0.2) is 18.2 Å². The molecule has 1 aliphatic rings. The number of nitrogens with two attached hydrogens (primary N) is 1. The van der Waals surface area contributed by atoms with Crippen molar-refractivity contribution in [3.8, 4) is 11.8 Å². The van der Waals surface area contributed by atoms with Gasteiger partial charge in [-0.3, -0.25) is 0 Å². The Balaban J connectivity index is 2.08. The van der Waals surface area contributed by atoms with Gasteiger partial charge < -0.3 is 10.5 Å². The van der Waals surface area contributed by atoms with Gasteiger partial charge in [0.2, 0.25) is 0 Å². The molecule has 0 amide bonds. The number of anilines is 1. The average molecular weight is 230 g/mol. The summed E-state index contributed by atoms with van der Waals surface area (Å²) >= 11 is 0. The van der Waals surface area contributed by atoms with Crippen LogP contribution in [-0.2, 0) is 0 Å². The summed E-state index contributed by atoms with van der Waals surface area (Å²) in [5, 5.41) is 8.80.